The second kappa shape index (κ2) is 9.84. The number of carbonyl (C=O) groups excluding carboxylic acids is 1. The standard InChI is InChI=1S/C17H12ClF2N3OS4/c18-10-5-7-11(8-6-10)23-17(25)28-16(22-23)26-9-14(24)21-12-3-1-2-4-13(12)27-15(19)20/h1-8,15H,9H2,(H,21,24). The zero-order valence-electron chi connectivity index (χ0n) is 14.0. The van der Waals surface area contributed by atoms with E-state index in [1.54, 1.807) is 53.2 Å². The van der Waals surface area contributed by atoms with Crippen LogP contribution in [-0.4, -0.2) is 27.2 Å². The summed E-state index contributed by atoms with van der Waals surface area (Å²) in [6, 6.07) is 13.5. The zero-order chi connectivity index (χ0) is 20.1. The molecule has 146 valence electrons. The summed E-state index contributed by atoms with van der Waals surface area (Å²) in [6.07, 6.45) is 0. The molecule has 0 aliphatic rings. The van der Waals surface area contributed by atoms with Gasteiger partial charge in [-0.25, -0.2) is 4.68 Å². The van der Waals surface area contributed by atoms with E-state index in [0.29, 0.717) is 35.7 Å². The lowest BCUT2D eigenvalue weighted by molar-refractivity contribution is -0.113. The molecule has 1 amide bonds. The quantitative estimate of drug-likeness (QED) is 0.318. The zero-order valence-corrected chi connectivity index (χ0v) is 18.0. The van der Waals surface area contributed by atoms with Crippen LogP contribution in [0.2, 0.25) is 5.02 Å². The van der Waals surface area contributed by atoms with Gasteiger partial charge >= 0.3 is 0 Å². The molecular weight excluding hydrogens is 464 g/mol. The van der Waals surface area contributed by atoms with Crippen molar-refractivity contribution in [3.63, 3.8) is 0 Å². The number of carbonyl (C=O) groups is 1. The van der Waals surface area contributed by atoms with Crippen LogP contribution >= 0.6 is 58.7 Å². The largest absolute Gasteiger partial charge is 0.324 e. The van der Waals surface area contributed by atoms with Crippen molar-refractivity contribution in [1.82, 2.24) is 9.78 Å². The fraction of sp³-hybridized carbons (Fsp3) is 0.118. The van der Waals surface area contributed by atoms with Crippen LogP contribution in [0, 0.1) is 3.95 Å². The molecule has 0 radical (unpaired) electrons. The van der Waals surface area contributed by atoms with E-state index in [2.05, 4.69) is 10.4 Å². The van der Waals surface area contributed by atoms with E-state index < -0.39 is 5.76 Å². The molecule has 0 spiro atoms. The molecule has 0 fully saturated rings. The maximum atomic E-state index is 12.6. The van der Waals surface area contributed by atoms with E-state index >= 15 is 0 Å². The van der Waals surface area contributed by atoms with E-state index in [1.165, 1.54) is 23.1 Å². The molecule has 0 bridgehead atoms. The monoisotopic (exact) mass is 475 g/mol. The maximum absolute atomic E-state index is 12.6. The third-order valence-electron chi connectivity index (χ3n) is 3.30. The van der Waals surface area contributed by atoms with Crippen LogP contribution in [0.3, 0.4) is 0 Å². The maximum Gasteiger partial charge on any atom is 0.288 e. The van der Waals surface area contributed by atoms with Gasteiger partial charge in [0.1, 0.15) is 0 Å². The lowest BCUT2D eigenvalue weighted by atomic mass is 10.3. The fourth-order valence-corrected chi connectivity index (χ4v) is 5.03. The molecule has 11 heteroatoms. The first-order valence-electron chi connectivity index (χ1n) is 7.75. The summed E-state index contributed by atoms with van der Waals surface area (Å²) in [6.45, 7) is 0. The minimum Gasteiger partial charge on any atom is -0.324 e. The summed E-state index contributed by atoms with van der Waals surface area (Å²) in [5, 5.41) is 7.69. The van der Waals surface area contributed by atoms with Crippen LogP contribution in [0.5, 0.6) is 0 Å². The first-order chi connectivity index (χ1) is 13.4. The highest BCUT2D eigenvalue weighted by molar-refractivity contribution is 8.01. The van der Waals surface area contributed by atoms with E-state index in [1.807, 2.05) is 0 Å². The van der Waals surface area contributed by atoms with E-state index in [-0.39, 0.29) is 11.7 Å². The molecule has 3 aromatic rings. The third kappa shape index (κ3) is 5.77. The normalized spacial score (nSPS) is 11.0. The molecule has 1 aromatic heterocycles. The smallest absolute Gasteiger partial charge is 0.288 e. The molecule has 1 N–H and O–H groups in total. The Kier molecular flexibility index (Phi) is 7.47. The lowest BCUT2D eigenvalue weighted by Crippen LogP contribution is -2.14. The van der Waals surface area contributed by atoms with Gasteiger partial charge in [-0.15, -0.1) is 5.10 Å². The molecule has 2 aromatic carbocycles. The van der Waals surface area contributed by atoms with E-state index in [0.717, 1.165) is 5.69 Å². The number of rotatable bonds is 7. The Morgan fingerprint density at radius 3 is 2.68 bits per heavy atom. The Morgan fingerprint density at radius 2 is 1.96 bits per heavy atom. The van der Waals surface area contributed by atoms with Gasteiger partial charge in [-0.3, -0.25) is 4.79 Å². The van der Waals surface area contributed by atoms with Crippen LogP contribution in [0.1, 0.15) is 0 Å². The molecule has 0 saturated carbocycles. The predicted molar refractivity (Wildman–Crippen MR) is 115 cm³/mol. The number of hydrogen-bond donors (Lipinski definition) is 1. The van der Waals surface area contributed by atoms with Crippen LogP contribution in [0.25, 0.3) is 5.69 Å². The molecule has 4 nitrogen and oxygen atoms in total. The highest BCUT2D eigenvalue weighted by atomic mass is 35.5. The molecule has 0 saturated heterocycles. The predicted octanol–water partition coefficient (Wildman–Crippen LogP) is 6.36. The van der Waals surface area contributed by atoms with Crippen molar-refractivity contribution in [2.75, 3.05) is 11.1 Å². The lowest BCUT2D eigenvalue weighted by Gasteiger charge is -2.09. The molecule has 28 heavy (non-hydrogen) atoms. The molecular formula is C17H12ClF2N3OS4. The molecule has 3 rings (SSSR count). The van der Waals surface area contributed by atoms with Crippen LogP contribution in [0.4, 0.5) is 14.5 Å². The number of anilines is 1. The second-order valence-electron chi connectivity index (χ2n) is 5.23. The first-order valence-corrected chi connectivity index (χ1v) is 11.2. The van der Waals surface area contributed by atoms with Gasteiger partial charge in [0.25, 0.3) is 5.76 Å². The molecule has 0 unspecified atom stereocenters. The highest BCUT2D eigenvalue weighted by Crippen LogP contribution is 2.32. The van der Waals surface area contributed by atoms with Crippen LogP contribution in [0.15, 0.2) is 57.8 Å². The summed E-state index contributed by atoms with van der Waals surface area (Å²) in [4.78, 5) is 12.5. The summed E-state index contributed by atoms with van der Waals surface area (Å²) >= 11 is 14.1. The Bertz CT molecular complexity index is 1020. The number of nitrogens with one attached hydrogen (secondary N) is 1. The summed E-state index contributed by atoms with van der Waals surface area (Å²) in [7, 11) is 0. The third-order valence-corrected chi connectivity index (χ3v) is 6.71. The van der Waals surface area contributed by atoms with E-state index in [4.69, 9.17) is 23.8 Å². The number of halogens is 3. The van der Waals surface area contributed by atoms with Crippen molar-refractivity contribution in [3.8, 4) is 5.69 Å². The van der Waals surface area contributed by atoms with Crippen molar-refractivity contribution in [1.29, 1.82) is 0 Å². The van der Waals surface area contributed by atoms with Gasteiger partial charge in [0, 0.05) is 9.92 Å². The number of nitrogens with zero attached hydrogens (tertiary/aromatic N) is 2. The number of alkyl halides is 2. The number of aromatic nitrogens is 2. The Morgan fingerprint density at radius 1 is 1.25 bits per heavy atom. The summed E-state index contributed by atoms with van der Waals surface area (Å²) in [5.74, 6) is -2.79. The number of hydrogen-bond acceptors (Lipinski definition) is 6. The minimum absolute atomic E-state index is 0.0799. The van der Waals surface area contributed by atoms with Gasteiger partial charge in [-0.1, -0.05) is 58.6 Å². The first kappa shape index (κ1) is 21.3. The van der Waals surface area contributed by atoms with Crippen molar-refractivity contribution in [3.05, 3.63) is 57.5 Å². The van der Waals surface area contributed by atoms with Gasteiger partial charge in [0.05, 0.1) is 17.1 Å². The van der Waals surface area contributed by atoms with Gasteiger partial charge in [0.15, 0.2) is 8.29 Å². The second-order valence-corrected chi connectivity index (χ2v) is 9.55. The van der Waals surface area contributed by atoms with Crippen molar-refractivity contribution >= 4 is 70.3 Å². The topological polar surface area (TPSA) is 46.9 Å². The van der Waals surface area contributed by atoms with Crippen molar-refractivity contribution in [2.24, 2.45) is 0 Å². The average molecular weight is 476 g/mol. The van der Waals surface area contributed by atoms with Gasteiger partial charge in [0.2, 0.25) is 5.91 Å². The van der Waals surface area contributed by atoms with Gasteiger partial charge < -0.3 is 5.32 Å². The summed E-state index contributed by atoms with van der Waals surface area (Å²) in [5.41, 5.74) is 1.14. The Balaban J connectivity index is 1.64. The molecule has 1 heterocycles. The van der Waals surface area contributed by atoms with Gasteiger partial charge in [-0.05, 0) is 48.6 Å². The van der Waals surface area contributed by atoms with Crippen LogP contribution < -0.4 is 5.32 Å². The Labute approximate surface area is 182 Å². The molecule has 0 aliphatic carbocycles. The number of amides is 1. The molecule has 0 aliphatic heterocycles. The van der Waals surface area contributed by atoms with Crippen LogP contribution in [-0.2, 0) is 4.79 Å². The fourth-order valence-electron chi connectivity index (χ4n) is 2.15. The Hall–Kier alpha value is -1.46. The van der Waals surface area contributed by atoms with E-state index in [9.17, 15) is 13.6 Å². The number of benzene rings is 2. The summed E-state index contributed by atoms with van der Waals surface area (Å²) < 4.78 is 28.0. The van der Waals surface area contributed by atoms with Crippen molar-refractivity contribution < 1.29 is 13.6 Å². The SMILES string of the molecule is O=C(CSc1nn(-c2ccc(Cl)cc2)c(=S)s1)Nc1ccccc1SC(F)F. The average Bonchev–Trinajstić information content (AvgIpc) is 3.03. The van der Waals surface area contributed by atoms with Gasteiger partial charge in [-0.2, -0.15) is 8.78 Å². The minimum atomic E-state index is -2.56. The molecule has 0 atom stereocenters. The number of thioether (sulfide) groups is 2. The highest BCUT2D eigenvalue weighted by Gasteiger charge is 2.13. The number of para-hydroxylation sites is 1. The van der Waals surface area contributed by atoms with Crippen molar-refractivity contribution in [2.45, 2.75) is 15.0 Å².